The fourth-order valence-electron chi connectivity index (χ4n) is 2.58. The van der Waals surface area contributed by atoms with Crippen LogP contribution in [0.5, 0.6) is 0 Å². The van der Waals surface area contributed by atoms with Crippen molar-refractivity contribution >= 4 is 0 Å². The molecule has 3 nitrogen and oxygen atoms in total. The molecule has 0 bridgehead atoms. The van der Waals surface area contributed by atoms with Crippen molar-refractivity contribution in [2.45, 2.75) is 20.3 Å². The number of hydrogen-bond donors (Lipinski definition) is 1. The van der Waals surface area contributed by atoms with Crippen LogP contribution in [0.4, 0.5) is 0 Å². The molecule has 1 fully saturated rings. The van der Waals surface area contributed by atoms with Crippen molar-refractivity contribution < 1.29 is 0 Å². The first kappa shape index (κ1) is 12.5. The molecule has 1 aliphatic heterocycles. The summed E-state index contributed by atoms with van der Waals surface area (Å²) in [6.45, 7) is 10.5. The molecule has 0 atom stereocenters. The predicted octanol–water partition coefficient (Wildman–Crippen LogP) is 1.56. The molecule has 0 unspecified atom stereocenters. The molecule has 0 aliphatic carbocycles. The molecule has 2 heterocycles. The van der Waals surface area contributed by atoms with Crippen LogP contribution in [0.25, 0.3) is 0 Å². The lowest BCUT2D eigenvalue weighted by molar-refractivity contribution is 0.160. The Hall–Kier alpha value is -0.930. The molecule has 0 aromatic carbocycles. The van der Waals surface area contributed by atoms with Crippen molar-refractivity contribution in [1.82, 2.24) is 15.2 Å². The van der Waals surface area contributed by atoms with E-state index >= 15 is 0 Å². The first-order valence-corrected chi connectivity index (χ1v) is 6.48. The maximum Gasteiger partial charge on any atom is 0.0270 e. The number of piperazine rings is 1. The highest BCUT2D eigenvalue weighted by atomic mass is 15.2. The van der Waals surface area contributed by atoms with Crippen molar-refractivity contribution in [1.29, 1.82) is 0 Å². The molecule has 17 heavy (non-hydrogen) atoms. The van der Waals surface area contributed by atoms with Crippen LogP contribution in [0, 0.1) is 5.41 Å². The molecule has 0 spiro atoms. The second-order valence-corrected chi connectivity index (χ2v) is 5.72. The van der Waals surface area contributed by atoms with E-state index in [-0.39, 0.29) is 0 Å². The Morgan fingerprint density at radius 1 is 1.24 bits per heavy atom. The van der Waals surface area contributed by atoms with Crippen LogP contribution in [0.1, 0.15) is 19.4 Å². The summed E-state index contributed by atoms with van der Waals surface area (Å²) in [5, 5.41) is 3.40. The summed E-state index contributed by atoms with van der Waals surface area (Å²) >= 11 is 0. The summed E-state index contributed by atoms with van der Waals surface area (Å²) in [6.07, 6.45) is 4.89. The summed E-state index contributed by atoms with van der Waals surface area (Å²) in [5.74, 6) is 0. The zero-order valence-electron chi connectivity index (χ0n) is 10.9. The molecule has 94 valence electrons. The van der Waals surface area contributed by atoms with Crippen LogP contribution in [-0.2, 0) is 6.42 Å². The van der Waals surface area contributed by atoms with Gasteiger partial charge in [0.1, 0.15) is 0 Å². The molecule has 1 aromatic heterocycles. The highest BCUT2D eigenvalue weighted by molar-refractivity contribution is 5.11. The van der Waals surface area contributed by atoms with Gasteiger partial charge >= 0.3 is 0 Å². The Morgan fingerprint density at radius 3 is 2.53 bits per heavy atom. The normalized spacial score (nSPS) is 18.2. The summed E-state index contributed by atoms with van der Waals surface area (Å²) in [6, 6.07) is 4.25. The molecule has 1 aliphatic rings. The van der Waals surface area contributed by atoms with Gasteiger partial charge in [-0.05, 0) is 29.5 Å². The fraction of sp³-hybridized carbons (Fsp3) is 0.643. The number of pyridine rings is 1. The standard InChI is InChI=1S/C14H23N3/c1-14(2,11-13-3-5-15-6-4-13)12-17-9-7-16-8-10-17/h3-6,16H,7-12H2,1-2H3. The average Bonchev–Trinajstić information content (AvgIpc) is 2.30. The number of nitrogens with zero attached hydrogens (tertiary/aromatic N) is 2. The number of rotatable bonds is 4. The molecule has 0 saturated carbocycles. The van der Waals surface area contributed by atoms with Gasteiger partial charge in [0.2, 0.25) is 0 Å². The third kappa shape index (κ3) is 4.10. The van der Waals surface area contributed by atoms with E-state index in [1.807, 2.05) is 12.4 Å². The van der Waals surface area contributed by atoms with Crippen LogP contribution in [0.2, 0.25) is 0 Å². The van der Waals surface area contributed by atoms with Crippen molar-refractivity contribution in [3.8, 4) is 0 Å². The van der Waals surface area contributed by atoms with Gasteiger partial charge < -0.3 is 10.2 Å². The molecular weight excluding hydrogens is 210 g/mol. The zero-order valence-corrected chi connectivity index (χ0v) is 10.9. The van der Waals surface area contributed by atoms with E-state index in [1.165, 1.54) is 25.2 Å². The second kappa shape index (κ2) is 5.61. The highest BCUT2D eigenvalue weighted by Gasteiger charge is 2.23. The maximum atomic E-state index is 4.07. The molecule has 2 rings (SSSR count). The minimum absolute atomic E-state index is 0.332. The van der Waals surface area contributed by atoms with Crippen LogP contribution in [0.15, 0.2) is 24.5 Å². The van der Waals surface area contributed by atoms with Gasteiger partial charge in [0.25, 0.3) is 0 Å². The average molecular weight is 233 g/mol. The van der Waals surface area contributed by atoms with Gasteiger partial charge in [-0.1, -0.05) is 13.8 Å². The van der Waals surface area contributed by atoms with Gasteiger partial charge in [-0.15, -0.1) is 0 Å². The van der Waals surface area contributed by atoms with E-state index in [0.717, 1.165) is 19.5 Å². The zero-order chi connectivity index (χ0) is 12.1. The van der Waals surface area contributed by atoms with Crippen LogP contribution >= 0.6 is 0 Å². The largest absolute Gasteiger partial charge is 0.314 e. The van der Waals surface area contributed by atoms with E-state index in [4.69, 9.17) is 0 Å². The Kier molecular flexibility index (Phi) is 4.13. The Balaban J connectivity index is 1.89. The van der Waals surface area contributed by atoms with Gasteiger partial charge in [0.15, 0.2) is 0 Å². The van der Waals surface area contributed by atoms with E-state index in [2.05, 4.69) is 41.2 Å². The molecule has 1 saturated heterocycles. The SMILES string of the molecule is CC(C)(Cc1ccncc1)CN1CCNCC1. The van der Waals surface area contributed by atoms with Gasteiger partial charge in [-0.3, -0.25) is 4.98 Å². The smallest absolute Gasteiger partial charge is 0.0270 e. The molecular formula is C14H23N3. The number of nitrogens with one attached hydrogen (secondary N) is 1. The van der Waals surface area contributed by atoms with Crippen LogP contribution in [0.3, 0.4) is 0 Å². The van der Waals surface area contributed by atoms with Gasteiger partial charge in [0, 0.05) is 45.1 Å². The summed E-state index contributed by atoms with van der Waals surface area (Å²) < 4.78 is 0. The monoisotopic (exact) mass is 233 g/mol. The lowest BCUT2D eigenvalue weighted by Gasteiger charge is -2.35. The van der Waals surface area contributed by atoms with E-state index in [9.17, 15) is 0 Å². The van der Waals surface area contributed by atoms with Crippen molar-refractivity contribution in [2.24, 2.45) is 5.41 Å². The third-order valence-electron chi connectivity index (χ3n) is 3.29. The van der Waals surface area contributed by atoms with Crippen LogP contribution < -0.4 is 5.32 Å². The number of aromatic nitrogens is 1. The molecule has 0 amide bonds. The Labute approximate surface area is 104 Å². The quantitative estimate of drug-likeness (QED) is 0.855. The van der Waals surface area contributed by atoms with E-state index in [0.29, 0.717) is 5.41 Å². The fourth-order valence-corrected chi connectivity index (χ4v) is 2.58. The van der Waals surface area contributed by atoms with Crippen molar-refractivity contribution in [3.05, 3.63) is 30.1 Å². The minimum atomic E-state index is 0.332. The molecule has 0 radical (unpaired) electrons. The Bertz CT molecular complexity index is 329. The third-order valence-corrected chi connectivity index (χ3v) is 3.29. The van der Waals surface area contributed by atoms with Gasteiger partial charge in [-0.25, -0.2) is 0 Å². The van der Waals surface area contributed by atoms with Crippen molar-refractivity contribution in [2.75, 3.05) is 32.7 Å². The van der Waals surface area contributed by atoms with E-state index in [1.54, 1.807) is 0 Å². The van der Waals surface area contributed by atoms with Gasteiger partial charge in [0.05, 0.1) is 0 Å². The predicted molar refractivity (Wildman–Crippen MR) is 71.0 cm³/mol. The molecule has 1 aromatic rings. The maximum absolute atomic E-state index is 4.07. The highest BCUT2D eigenvalue weighted by Crippen LogP contribution is 2.23. The molecule has 1 N–H and O–H groups in total. The van der Waals surface area contributed by atoms with E-state index < -0.39 is 0 Å². The number of hydrogen-bond acceptors (Lipinski definition) is 3. The minimum Gasteiger partial charge on any atom is -0.314 e. The Morgan fingerprint density at radius 2 is 1.88 bits per heavy atom. The van der Waals surface area contributed by atoms with Crippen LogP contribution in [-0.4, -0.2) is 42.6 Å². The molecule has 3 heteroatoms. The second-order valence-electron chi connectivity index (χ2n) is 5.72. The lowest BCUT2D eigenvalue weighted by Crippen LogP contribution is -2.47. The summed E-state index contributed by atoms with van der Waals surface area (Å²) in [4.78, 5) is 6.64. The lowest BCUT2D eigenvalue weighted by atomic mass is 9.85. The summed E-state index contributed by atoms with van der Waals surface area (Å²) in [7, 11) is 0. The summed E-state index contributed by atoms with van der Waals surface area (Å²) in [5.41, 5.74) is 1.72. The van der Waals surface area contributed by atoms with Crippen molar-refractivity contribution in [3.63, 3.8) is 0 Å². The van der Waals surface area contributed by atoms with Gasteiger partial charge in [-0.2, -0.15) is 0 Å². The first-order valence-electron chi connectivity index (χ1n) is 6.48. The topological polar surface area (TPSA) is 28.2 Å². The first-order chi connectivity index (χ1) is 8.16.